The van der Waals surface area contributed by atoms with E-state index < -0.39 is 10.8 Å². The van der Waals surface area contributed by atoms with Crippen molar-refractivity contribution >= 4 is 33.3 Å². The zero-order valence-electron chi connectivity index (χ0n) is 17.3. The standard InChI is InChI=1S/C23H26N4O2S/c1-4-11-27-12-10-19(24-3)18-7-5-6-17(22(18)27)14-30(29)23-25-20-9-8-16(15(2)28)13-21(20)26-23/h4-9,13,19,24H,1,10-12,14H2,2-3H3,(H,25,26). The first-order valence-corrected chi connectivity index (χ1v) is 11.4. The van der Waals surface area contributed by atoms with Crippen LogP contribution in [0, 0.1) is 0 Å². The fraction of sp³-hybridized carbons (Fsp3) is 0.304. The van der Waals surface area contributed by atoms with Crippen LogP contribution in [0.3, 0.4) is 0 Å². The Morgan fingerprint density at radius 3 is 2.97 bits per heavy atom. The van der Waals surface area contributed by atoms with Crippen molar-refractivity contribution in [2.24, 2.45) is 0 Å². The van der Waals surface area contributed by atoms with E-state index in [4.69, 9.17) is 0 Å². The molecule has 6 nitrogen and oxygen atoms in total. The Morgan fingerprint density at radius 1 is 1.40 bits per heavy atom. The van der Waals surface area contributed by atoms with Gasteiger partial charge in [0.05, 0.1) is 27.6 Å². The largest absolute Gasteiger partial charge is 0.367 e. The van der Waals surface area contributed by atoms with E-state index in [1.54, 1.807) is 18.2 Å². The molecule has 0 fully saturated rings. The lowest BCUT2D eigenvalue weighted by Gasteiger charge is -2.36. The topological polar surface area (TPSA) is 78.1 Å². The number of rotatable bonds is 7. The molecule has 1 aliphatic heterocycles. The maximum absolute atomic E-state index is 13.2. The second-order valence-corrected chi connectivity index (χ2v) is 8.91. The first-order valence-electron chi connectivity index (χ1n) is 10.1. The van der Waals surface area contributed by atoms with E-state index in [0.717, 1.165) is 36.3 Å². The number of para-hydroxylation sites is 1. The number of Topliss-reactive ketones (excluding diaryl/α,β-unsaturated/α-hetero) is 1. The highest BCUT2D eigenvalue weighted by atomic mass is 32.2. The Bertz CT molecular complexity index is 1140. The summed E-state index contributed by atoms with van der Waals surface area (Å²) in [5.41, 5.74) is 5.46. The SMILES string of the molecule is C=CCN1CCC(NC)c2cccc(CS(=O)c3nc4ccc(C(C)=O)cc4[nH]3)c21. The molecule has 30 heavy (non-hydrogen) atoms. The minimum atomic E-state index is -1.34. The Morgan fingerprint density at radius 2 is 2.23 bits per heavy atom. The van der Waals surface area contributed by atoms with Gasteiger partial charge >= 0.3 is 0 Å². The van der Waals surface area contributed by atoms with Crippen LogP contribution in [0.15, 0.2) is 54.2 Å². The second kappa shape index (κ2) is 8.53. The summed E-state index contributed by atoms with van der Waals surface area (Å²) in [6.07, 6.45) is 2.93. The summed E-state index contributed by atoms with van der Waals surface area (Å²) in [5.74, 6) is 0.360. The zero-order valence-corrected chi connectivity index (χ0v) is 18.1. The van der Waals surface area contributed by atoms with Crippen molar-refractivity contribution in [3.8, 4) is 0 Å². The molecule has 0 saturated heterocycles. The predicted octanol–water partition coefficient (Wildman–Crippen LogP) is 3.73. The molecule has 2 aromatic carbocycles. The molecule has 0 radical (unpaired) electrons. The Balaban J connectivity index is 1.67. The molecule has 2 N–H and O–H groups in total. The molecule has 0 saturated carbocycles. The lowest BCUT2D eigenvalue weighted by molar-refractivity contribution is 0.101. The first kappa shape index (κ1) is 20.5. The lowest BCUT2D eigenvalue weighted by atomic mass is 9.94. The molecular weight excluding hydrogens is 396 g/mol. The highest BCUT2D eigenvalue weighted by Crippen LogP contribution is 2.37. The molecule has 2 heterocycles. The molecule has 0 bridgehead atoms. The summed E-state index contributed by atoms with van der Waals surface area (Å²) in [6, 6.07) is 11.8. The molecule has 4 rings (SSSR count). The highest BCUT2D eigenvalue weighted by Gasteiger charge is 2.26. The number of hydrogen-bond acceptors (Lipinski definition) is 5. The van der Waals surface area contributed by atoms with E-state index >= 15 is 0 Å². The molecule has 7 heteroatoms. The quantitative estimate of drug-likeness (QED) is 0.448. The number of benzene rings is 2. The van der Waals surface area contributed by atoms with Crippen LogP contribution < -0.4 is 10.2 Å². The Labute approximate surface area is 178 Å². The van der Waals surface area contributed by atoms with Gasteiger partial charge in [0.25, 0.3) is 0 Å². The van der Waals surface area contributed by atoms with Gasteiger partial charge in [0.2, 0.25) is 0 Å². The third kappa shape index (κ3) is 3.82. The van der Waals surface area contributed by atoms with Gasteiger partial charge in [0, 0.05) is 30.4 Å². The molecule has 0 amide bonds. The van der Waals surface area contributed by atoms with Crippen LogP contribution in [0.2, 0.25) is 0 Å². The second-order valence-electron chi connectivity index (χ2n) is 7.54. The summed E-state index contributed by atoms with van der Waals surface area (Å²) >= 11 is 0. The van der Waals surface area contributed by atoms with Crippen LogP contribution in [0.5, 0.6) is 0 Å². The maximum Gasteiger partial charge on any atom is 0.197 e. The van der Waals surface area contributed by atoms with E-state index in [0.29, 0.717) is 22.0 Å². The van der Waals surface area contributed by atoms with Gasteiger partial charge in [-0.3, -0.25) is 9.00 Å². The summed E-state index contributed by atoms with van der Waals surface area (Å²) in [7, 11) is 0.639. The Kier molecular flexibility index (Phi) is 5.83. The Hall–Kier alpha value is -2.77. The number of aromatic nitrogens is 2. The van der Waals surface area contributed by atoms with Crippen molar-refractivity contribution in [1.82, 2.24) is 15.3 Å². The zero-order chi connectivity index (χ0) is 21.3. The number of aromatic amines is 1. The number of imidazole rings is 1. The average Bonchev–Trinajstić information content (AvgIpc) is 3.18. The van der Waals surface area contributed by atoms with Gasteiger partial charge in [0.1, 0.15) is 0 Å². The number of fused-ring (bicyclic) bond motifs is 2. The van der Waals surface area contributed by atoms with Gasteiger partial charge in [-0.1, -0.05) is 24.3 Å². The van der Waals surface area contributed by atoms with E-state index in [-0.39, 0.29) is 11.8 Å². The molecule has 3 aromatic rings. The van der Waals surface area contributed by atoms with Crippen LogP contribution in [0.4, 0.5) is 5.69 Å². The maximum atomic E-state index is 13.2. The minimum Gasteiger partial charge on any atom is -0.367 e. The van der Waals surface area contributed by atoms with Gasteiger partial charge in [0.15, 0.2) is 10.9 Å². The number of hydrogen-bond donors (Lipinski definition) is 2. The van der Waals surface area contributed by atoms with Crippen molar-refractivity contribution in [2.45, 2.75) is 30.3 Å². The molecule has 1 aliphatic rings. The summed E-state index contributed by atoms with van der Waals surface area (Å²) in [5, 5.41) is 3.82. The third-order valence-corrected chi connectivity index (χ3v) is 6.79. The molecule has 156 valence electrons. The van der Waals surface area contributed by atoms with Gasteiger partial charge < -0.3 is 15.2 Å². The number of carbonyl (C=O) groups is 1. The predicted molar refractivity (Wildman–Crippen MR) is 121 cm³/mol. The number of H-pyrrole nitrogens is 1. The van der Waals surface area contributed by atoms with E-state index in [9.17, 15) is 9.00 Å². The molecular formula is C23H26N4O2S. The number of carbonyl (C=O) groups excluding carboxylic acids is 1. The van der Waals surface area contributed by atoms with Gasteiger partial charge in [-0.25, -0.2) is 4.98 Å². The molecule has 2 atom stereocenters. The van der Waals surface area contributed by atoms with Crippen molar-refractivity contribution < 1.29 is 9.00 Å². The van der Waals surface area contributed by atoms with Crippen LogP contribution in [-0.2, 0) is 16.6 Å². The van der Waals surface area contributed by atoms with E-state index in [1.165, 1.54) is 12.5 Å². The smallest absolute Gasteiger partial charge is 0.197 e. The molecule has 2 unspecified atom stereocenters. The average molecular weight is 423 g/mol. The van der Waals surface area contributed by atoms with Crippen molar-refractivity contribution in [3.63, 3.8) is 0 Å². The molecule has 0 aliphatic carbocycles. The van der Waals surface area contributed by atoms with Crippen molar-refractivity contribution in [1.29, 1.82) is 0 Å². The first-order chi connectivity index (χ1) is 14.5. The van der Waals surface area contributed by atoms with Crippen molar-refractivity contribution in [3.05, 3.63) is 65.7 Å². The summed E-state index contributed by atoms with van der Waals surface area (Å²) < 4.78 is 13.2. The van der Waals surface area contributed by atoms with Crippen LogP contribution in [-0.4, -0.2) is 40.1 Å². The van der Waals surface area contributed by atoms with Gasteiger partial charge in [-0.2, -0.15) is 0 Å². The van der Waals surface area contributed by atoms with Crippen LogP contribution in [0.25, 0.3) is 11.0 Å². The van der Waals surface area contributed by atoms with Gasteiger partial charge in [-0.15, -0.1) is 6.58 Å². The fourth-order valence-corrected chi connectivity index (χ4v) is 5.18. The van der Waals surface area contributed by atoms with E-state index in [2.05, 4.69) is 32.8 Å². The third-order valence-electron chi connectivity index (χ3n) is 5.60. The number of nitrogens with zero attached hydrogens (tertiary/aromatic N) is 2. The highest BCUT2D eigenvalue weighted by molar-refractivity contribution is 7.84. The van der Waals surface area contributed by atoms with Crippen LogP contribution in [0.1, 0.15) is 40.9 Å². The van der Waals surface area contributed by atoms with E-state index in [1.807, 2.05) is 25.3 Å². The minimum absolute atomic E-state index is 0.00789. The summed E-state index contributed by atoms with van der Waals surface area (Å²) in [4.78, 5) is 21.6. The number of ketones is 1. The van der Waals surface area contributed by atoms with Crippen molar-refractivity contribution in [2.75, 3.05) is 25.0 Å². The molecule has 1 aromatic heterocycles. The fourth-order valence-electron chi connectivity index (χ4n) is 4.11. The van der Waals surface area contributed by atoms with Gasteiger partial charge in [-0.05, 0) is 49.7 Å². The molecule has 0 spiro atoms. The van der Waals surface area contributed by atoms with Crippen LogP contribution >= 0.6 is 0 Å². The monoisotopic (exact) mass is 422 g/mol. The number of anilines is 1. The summed E-state index contributed by atoms with van der Waals surface area (Å²) in [6.45, 7) is 7.10. The normalized spacial score (nSPS) is 17.0. The lowest BCUT2D eigenvalue weighted by Crippen LogP contribution is -2.35. The number of nitrogens with one attached hydrogen (secondary N) is 2.